The van der Waals surface area contributed by atoms with Crippen molar-refractivity contribution in [1.29, 1.82) is 15.8 Å². The summed E-state index contributed by atoms with van der Waals surface area (Å²) in [6.45, 7) is 3.64. The van der Waals surface area contributed by atoms with E-state index in [9.17, 15) is 0 Å². The van der Waals surface area contributed by atoms with Gasteiger partial charge in [0.25, 0.3) is 0 Å². The molecule has 0 atom stereocenters. The Hall–Kier alpha value is -3.03. The second-order valence-corrected chi connectivity index (χ2v) is 3.00. The summed E-state index contributed by atoms with van der Waals surface area (Å²) >= 11 is 0. The highest BCUT2D eigenvalue weighted by molar-refractivity contribution is 5.69. The van der Waals surface area contributed by atoms with Crippen molar-refractivity contribution in [3.63, 3.8) is 0 Å². The fraction of sp³-hybridized carbons (Fsp3) is 0. The van der Waals surface area contributed by atoms with Crippen LogP contribution in [0.1, 0.15) is 5.56 Å². The lowest BCUT2D eigenvalue weighted by molar-refractivity contribution is 1.37. The second kappa shape index (κ2) is 5.75. The Morgan fingerprint density at radius 1 is 1.12 bits per heavy atom. The lowest BCUT2D eigenvalue weighted by Gasteiger charge is -2.07. The first kappa shape index (κ1) is 12.0. The molecule has 80 valence electrons. The fourth-order valence-corrected chi connectivity index (χ4v) is 1.21. The van der Waals surface area contributed by atoms with Crippen LogP contribution in [0.15, 0.2) is 42.1 Å². The van der Waals surface area contributed by atoms with Gasteiger partial charge in [-0.05, 0) is 11.6 Å². The number of hydrogen-bond donors (Lipinski definition) is 1. The van der Waals surface area contributed by atoms with E-state index in [1.165, 1.54) is 0 Å². The second-order valence-electron chi connectivity index (χ2n) is 3.00. The fourth-order valence-electron chi connectivity index (χ4n) is 1.21. The third kappa shape index (κ3) is 2.72. The van der Waals surface area contributed by atoms with E-state index in [1.807, 2.05) is 12.1 Å². The van der Waals surface area contributed by atoms with E-state index in [4.69, 9.17) is 15.8 Å². The van der Waals surface area contributed by atoms with E-state index in [1.54, 1.807) is 36.4 Å². The van der Waals surface area contributed by atoms with Crippen molar-refractivity contribution >= 4 is 11.8 Å². The Kier molecular flexibility index (Phi) is 4.08. The maximum absolute atomic E-state index is 8.89. The first-order chi connectivity index (χ1) is 8.26. The van der Waals surface area contributed by atoms with Crippen LogP contribution in [0.25, 0.3) is 6.08 Å². The van der Waals surface area contributed by atoms with E-state index >= 15 is 0 Å². The SMILES string of the molecule is C=Cc1ccccc1NC(C#N)=C(C#N)C#N. The highest BCUT2D eigenvalue weighted by Crippen LogP contribution is 2.18. The molecule has 4 nitrogen and oxygen atoms in total. The molecule has 0 aliphatic heterocycles. The van der Waals surface area contributed by atoms with Crippen molar-refractivity contribution in [1.82, 2.24) is 0 Å². The highest BCUT2D eigenvalue weighted by Gasteiger charge is 2.07. The first-order valence-electron chi connectivity index (χ1n) is 4.70. The van der Waals surface area contributed by atoms with Gasteiger partial charge < -0.3 is 5.32 Å². The molecule has 0 aliphatic carbocycles. The molecule has 1 aromatic rings. The van der Waals surface area contributed by atoms with Crippen LogP contribution in [-0.2, 0) is 0 Å². The van der Waals surface area contributed by atoms with Crippen molar-refractivity contribution in [3.8, 4) is 18.2 Å². The molecule has 0 aliphatic rings. The van der Waals surface area contributed by atoms with Gasteiger partial charge in [0.1, 0.15) is 23.9 Å². The highest BCUT2D eigenvalue weighted by atomic mass is 14.9. The molecule has 0 fully saturated rings. The number of nitriles is 3. The topological polar surface area (TPSA) is 83.4 Å². The largest absolute Gasteiger partial charge is 0.345 e. The smallest absolute Gasteiger partial charge is 0.163 e. The van der Waals surface area contributed by atoms with Crippen molar-refractivity contribution < 1.29 is 0 Å². The normalized spacial score (nSPS) is 8.06. The minimum Gasteiger partial charge on any atom is -0.345 e. The monoisotopic (exact) mass is 220 g/mol. The van der Waals surface area contributed by atoms with Crippen LogP contribution in [0.3, 0.4) is 0 Å². The van der Waals surface area contributed by atoms with Crippen molar-refractivity contribution in [2.45, 2.75) is 0 Å². The molecule has 0 spiro atoms. The predicted molar refractivity (Wildman–Crippen MR) is 64.0 cm³/mol. The summed E-state index contributed by atoms with van der Waals surface area (Å²) in [6, 6.07) is 12.3. The molecule has 0 saturated carbocycles. The van der Waals surface area contributed by atoms with Crippen molar-refractivity contribution in [2.24, 2.45) is 0 Å². The predicted octanol–water partition coefficient (Wildman–Crippen LogP) is 2.57. The maximum Gasteiger partial charge on any atom is 0.163 e. The summed E-state index contributed by atoms with van der Waals surface area (Å²) in [6.07, 6.45) is 1.62. The summed E-state index contributed by atoms with van der Waals surface area (Å²) in [5.74, 6) is 0. The van der Waals surface area contributed by atoms with E-state index in [-0.39, 0.29) is 11.3 Å². The molecule has 0 aromatic heterocycles. The van der Waals surface area contributed by atoms with Gasteiger partial charge in [0.2, 0.25) is 0 Å². The van der Waals surface area contributed by atoms with Crippen LogP contribution < -0.4 is 5.32 Å². The molecule has 0 amide bonds. The van der Waals surface area contributed by atoms with Crippen LogP contribution in [0.2, 0.25) is 0 Å². The van der Waals surface area contributed by atoms with Crippen LogP contribution in [0.4, 0.5) is 5.69 Å². The minimum atomic E-state index is -0.244. The Morgan fingerprint density at radius 2 is 1.76 bits per heavy atom. The van der Waals surface area contributed by atoms with Gasteiger partial charge in [-0.15, -0.1) is 0 Å². The Bertz CT molecular complexity index is 575. The molecule has 17 heavy (non-hydrogen) atoms. The molecule has 1 rings (SSSR count). The number of nitrogens with zero attached hydrogens (tertiary/aromatic N) is 3. The van der Waals surface area contributed by atoms with Gasteiger partial charge in [0.05, 0.1) is 0 Å². The van der Waals surface area contributed by atoms with E-state index in [2.05, 4.69) is 11.9 Å². The number of rotatable bonds is 3. The van der Waals surface area contributed by atoms with Gasteiger partial charge in [-0.1, -0.05) is 30.9 Å². The number of nitrogens with one attached hydrogen (secondary N) is 1. The van der Waals surface area contributed by atoms with Crippen LogP contribution in [0, 0.1) is 34.0 Å². The third-order valence-corrected chi connectivity index (χ3v) is 2.03. The standard InChI is InChI=1S/C13H8N4/c1-2-10-5-3-4-6-12(10)17-13(9-16)11(7-14)8-15/h2-6,17H,1H2. The summed E-state index contributed by atoms with van der Waals surface area (Å²) in [4.78, 5) is 0. The van der Waals surface area contributed by atoms with Crippen LogP contribution in [-0.4, -0.2) is 0 Å². The Labute approximate surface area is 99.3 Å². The van der Waals surface area contributed by atoms with Crippen molar-refractivity contribution in [3.05, 3.63) is 47.7 Å². The molecular weight excluding hydrogens is 212 g/mol. The van der Waals surface area contributed by atoms with Gasteiger partial charge in [-0.3, -0.25) is 0 Å². The summed E-state index contributed by atoms with van der Waals surface area (Å²) in [7, 11) is 0. The Morgan fingerprint density at radius 3 is 2.29 bits per heavy atom. The molecule has 0 saturated heterocycles. The van der Waals surface area contributed by atoms with Gasteiger partial charge >= 0.3 is 0 Å². The Balaban J connectivity index is 3.20. The van der Waals surface area contributed by atoms with Crippen LogP contribution in [0.5, 0.6) is 0 Å². The molecule has 1 N–H and O–H groups in total. The summed E-state index contributed by atoms with van der Waals surface area (Å²) in [5, 5.41) is 29.0. The average molecular weight is 220 g/mol. The lowest BCUT2D eigenvalue weighted by Crippen LogP contribution is -2.01. The third-order valence-electron chi connectivity index (χ3n) is 2.03. The molecular formula is C13H8N4. The van der Waals surface area contributed by atoms with Crippen LogP contribution >= 0.6 is 0 Å². The van der Waals surface area contributed by atoms with E-state index in [0.717, 1.165) is 5.56 Å². The zero-order chi connectivity index (χ0) is 12.7. The van der Waals surface area contributed by atoms with Gasteiger partial charge in [0.15, 0.2) is 5.57 Å². The molecule has 1 aromatic carbocycles. The molecule has 0 radical (unpaired) electrons. The van der Waals surface area contributed by atoms with E-state index < -0.39 is 0 Å². The van der Waals surface area contributed by atoms with Crippen molar-refractivity contribution in [2.75, 3.05) is 5.32 Å². The number of hydrogen-bond acceptors (Lipinski definition) is 4. The number of anilines is 1. The molecule has 0 bridgehead atoms. The molecule has 0 unspecified atom stereocenters. The van der Waals surface area contributed by atoms with Gasteiger partial charge in [0, 0.05) is 5.69 Å². The quantitative estimate of drug-likeness (QED) is 0.793. The lowest BCUT2D eigenvalue weighted by atomic mass is 10.1. The van der Waals surface area contributed by atoms with E-state index in [0.29, 0.717) is 5.69 Å². The molecule has 4 heteroatoms. The molecule has 0 heterocycles. The zero-order valence-electron chi connectivity index (χ0n) is 8.94. The van der Waals surface area contributed by atoms with Gasteiger partial charge in [-0.2, -0.15) is 15.8 Å². The maximum atomic E-state index is 8.89. The first-order valence-corrected chi connectivity index (χ1v) is 4.70. The minimum absolute atomic E-state index is 0.0655. The average Bonchev–Trinajstić information content (AvgIpc) is 2.39. The number of allylic oxidation sites excluding steroid dienone is 2. The zero-order valence-corrected chi connectivity index (χ0v) is 8.94. The number of para-hydroxylation sites is 1. The number of benzene rings is 1. The van der Waals surface area contributed by atoms with Gasteiger partial charge in [-0.25, -0.2) is 0 Å². The summed E-state index contributed by atoms with van der Waals surface area (Å²) < 4.78 is 0. The summed E-state index contributed by atoms with van der Waals surface area (Å²) in [5.41, 5.74) is 1.10.